The van der Waals surface area contributed by atoms with E-state index in [1.807, 2.05) is 0 Å². The van der Waals surface area contributed by atoms with Crippen LogP contribution in [-0.2, 0) is 0 Å². The van der Waals surface area contributed by atoms with E-state index in [-0.39, 0.29) is 0 Å². The molecule has 2 saturated heterocycles. The quantitative estimate of drug-likeness (QED) is 0.276. The van der Waals surface area contributed by atoms with E-state index in [9.17, 15) is 0 Å². The maximum absolute atomic E-state index is 8.36. The zero-order chi connectivity index (χ0) is 26.3. The maximum Gasteiger partial charge on any atom is 0.291 e. The lowest BCUT2D eigenvalue weighted by atomic mass is 10.2. The summed E-state index contributed by atoms with van der Waals surface area (Å²) in [5, 5.41) is 13.6. The first-order valence-electron chi connectivity index (χ1n) is 12.5. The van der Waals surface area contributed by atoms with Crippen molar-refractivity contribution in [3.8, 4) is 0 Å². The molecule has 0 spiro atoms. The minimum atomic E-state index is -1.50. The first-order chi connectivity index (χ1) is 18.6. The molecule has 0 amide bonds. The summed E-state index contributed by atoms with van der Waals surface area (Å²) in [5.41, 5.74) is 4.88. The molecule has 6 rings (SSSR count). The highest BCUT2D eigenvalue weighted by Crippen LogP contribution is 2.39. The van der Waals surface area contributed by atoms with Crippen LogP contribution in [0.2, 0.25) is 0 Å². The van der Waals surface area contributed by atoms with Crippen LogP contribution >= 0.6 is 0 Å². The molecule has 0 radical (unpaired) electrons. The molecule has 192 valence electrons. The molecule has 0 bridgehead atoms. The Labute approximate surface area is 222 Å². The zero-order valence-electron chi connectivity index (χ0n) is 20.9. The van der Waals surface area contributed by atoms with Crippen molar-refractivity contribution >= 4 is 22.7 Å². The molecule has 8 nitrogen and oxygen atoms in total. The second-order valence-corrected chi connectivity index (χ2v) is 8.83. The molecule has 2 heterocycles. The van der Waals surface area contributed by atoms with E-state index >= 15 is 0 Å². The van der Waals surface area contributed by atoms with Crippen molar-refractivity contribution in [1.29, 1.82) is 0 Å². The van der Waals surface area contributed by atoms with Crippen LogP contribution in [0.3, 0.4) is 0 Å². The third-order valence-electron chi connectivity index (χ3n) is 6.59. The Balaban J connectivity index is 0.000000689. The van der Waals surface area contributed by atoms with E-state index in [0.29, 0.717) is 0 Å². The van der Waals surface area contributed by atoms with Gasteiger partial charge in [-0.25, -0.2) is 0 Å². The first-order valence-corrected chi connectivity index (χ1v) is 12.5. The van der Waals surface area contributed by atoms with E-state index in [0.717, 1.165) is 26.2 Å². The minimum Gasteiger partial charge on any atom is -0.328 e. The van der Waals surface area contributed by atoms with Crippen molar-refractivity contribution < 1.29 is 10.3 Å². The van der Waals surface area contributed by atoms with Crippen LogP contribution in [-0.4, -0.2) is 36.5 Å². The molecule has 4 aromatic rings. The minimum absolute atomic E-state index is 0.934. The third-order valence-corrected chi connectivity index (χ3v) is 6.59. The van der Waals surface area contributed by atoms with Crippen LogP contribution in [0.25, 0.3) is 0 Å². The van der Waals surface area contributed by atoms with Crippen molar-refractivity contribution in [1.82, 2.24) is 0 Å². The summed E-state index contributed by atoms with van der Waals surface area (Å²) >= 11 is 0. The largest absolute Gasteiger partial charge is 0.328 e. The van der Waals surface area contributed by atoms with Gasteiger partial charge in [0.25, 0.3) is 5.09 Å². The molecule has 38 heavy (non-hydrogen) atoms. The van der Waals surface area contributed by atoms with Crippen LogP contribution in [0.5, 0.6) is 0 Å². The smallest absolute Gasteiger partial charge is 0.291 e. The first kappa shape index (κ1) is 24.7. The van der Waals surface area contributed by atoms with Gasteiger partial charge in [-0.15, -0.1) is 10.1 Å². The lowest BCUT2D eigenvalue weighted by Crippen LogP contribution is -2.34. The Morgan fingerprint density at radius 2 is 0.658 bits per heavy atom. The fraction of sp³-hybridized carbons (Fsp3) is 0.133. The number of benzene rings is 4. The van der Waals surface area contributed by atoms with Gasteiger partial charge in [-0.2, -0.15) is 0 Å². The standard InChI is InChI=1S/C30H28N4.HNO3/c1-5-13-25(14-6-1)31-21-22-32(26-15-7-2-8-16-26)29(31)30-33(27-17-9-3-10-18-27)23-24-34(30)28-19-11-4-12-20-28;2-1(3)4/h1-20H,21-24H2;(H,2,3,4). The Morgan fingerprint density at radius 3 is 0.842 bits per heavy atom. The van der Waals surface area contributed by atoms with E-state index in [4.69, 9.17) is 15.3 Å². The molecule has 0 aromatic heterocycles. The van der Waals surface area contributed by atoms with Crippen LogP contribution in [0, 0.1) is 10.1 Å². The lowest BCUT2D eigenvalue weighted by Gasteiger charge is -2.33. The molecule has 4 aromatic carbocycles. The summed E-state index contributed by atoms with van der Waals surface area (Å²) in [6.07, 6.45) is 0. The SMILES string of the molecule is O=[N+]([O-])O.c1ccc(N2CCN(c3ccccc3)C2=C2N(c3ccccc3)CCN2c2ccccc2)cc1. The molecule has 8 heteroatoms. The van der Waals surface area contributed by atoms with E-state index in [1.54, 1.807) is 0 Å². The van der Waals surface area contributed by atoms with Gasteiger partial charge in [0.1, 0.15) is 0 Å². The maximum atomic E-state index is 8.36. The zero-order valence-corrected chi connectivity index (χ0v) is 20.9. The van der Waals surface area contributed by atoms with Crippen LogP contribution < -0.4 is 19.6 Å². The van der Waals surface area contributed by atoms with Crippen molar-refractivity contribution in [2.75, 3.05) is 45.8 Å². The fourth-order valence-corrected chi connectivity index (χ4v) is 5.04. The van der Waals surface area contributed by atoms with Crippen LogP contribution in [0.4, 0.5) is 22.7 Å². The number of para-hydroxylation sites is 4. The molecular formula is C30H29N5O3. The molecule has 1 N–H and O–H groups in total. The van der Waals surface area contributed by atoms with Gasteiger partial charge in [0.05, 0.1) is 0 Å². The molecule has 2 aliphatic heterocycles. The summed E-state index contributed by atoms with van der Waals surface area (Å²) in [4.78, 5) is 18.2. The number of rotatable bonds is 4. The summed E-state index contributed by atoms with van der Waals surface area (Å²) in [6, 6.07) is 43.1. The lowest BCUT2D eigenvalue weighted by molar-refractivity contribution is -0.742. The highest BCUT2D eigenvalue weighted by atomic mass is 16.9. The van der Waals surface area contributed by atoms with Gasteiger partial charge < -0.3 is 24.8 Å². The van der Waals surface area contributed by atoms with Gasteiger partial charge in [0, 0.05) is 48.9 Å². The van der Waals surface area contributed by atoms with Crippen molar-refractivity contribution in [3.63, 3.8) is 0 Å². The average Bonchev–Trinajstić information content (AvgIpc) is 3.59. The number of hydrogen-bond acceptors (Lipinski definition) is 6. The fourth-order valence-electron chi connectivity index (χ4n) is 5.04. The Kier molecular flexibility index (Phi) is 7.40. The van der Waals surface area contributed by atoms with Crippen LogP contribution in [0.15, 0.2) is 133 Å². The monoisotopic (exact) mass is 507 g/mol. The summed E-state index contributed by atoms with van der Waals surface area (Å²) in [5.74, 6) is 2.45. The third kappa shape index (κ3) is 5.24. The Hall–Kier alpha value is -4.98. The van der Waals surface area contributed by atoms with E-state index in [1.165, 1.54) is 34.4 Å². The molecule has 0 atom stereocenters. The summed E-state index contributed by atoms with van der Waals surface area (Å²) in [7, 11) is 0. The number of hydrogen-bond donors (Lipinski definition) is 1. The molecule has 2 fully saturated rings. The Morgan fingerprint density at radius 1 is 0.474 bits per heavy atom. The normalized spacial score (nSPS) is 14.9. The van der Waals surface area contributed by atoms with Crippen LogP contribution in [0.1, 0.15) is 0 Å². The summed E-state index contributed by atoms with van der Waals surface area (Å²) in [6.45, 7) is 3.73. The number of nitrogens with zero attached hydrogens (tertiary/aromatic N) is 5. The number of anilines is 4. The highest BCUT2D eigenvalue weighted by Gasteiger charge is 2.38. The van der Waals surface area contributed by atoms with Crippen molar-refractivity contribution in [3.05, 3.63) is 143 Å². The second kappa shape index (κ2) is 11.4. The predicted molar refractivity (Wildman–Crippen MR) is 151 cm³/mol. The molecule has 0 saturated carbocycles. The topological polar surface area (TPSA) is 76.3 Å². The molecule has 0 unspecified atom stereocenters. The van der Waals surface area contributed by atoms with Crippen molar-refractivity contribution in [2.45, 2.75) is 0 Å². The van der Waals surface area contributed by atoms with Gasteiger partial charge in [0.2, 0.25) is 0 Å². The average molecular weight is 508 g/mol. The molecule has 0 aliphatic carbocycles. The predicted octanol–water partition coefficient (Wildman–Crippen LogP) is 5.82. The molecular weight excluding hydrogens is 478 g/mol. The second-order valence-electron chi connectivity index (χ2n) is 8.83. The van der Waals surface area contributed by atoms with Gasteiger partial charge in [-0.1, -0.05) is 72.8 Å². The van der Waals surface area contributed by atoms with Crippen molar-refractivity contribution in [2.24, 2.45) is 0 Å². The van der Waals surface area contributed by atoms with E-state index < -0.39 is 5.09 Å². The summed E-state index contributed by atoms with van der Waals surface area (Å²) < 4.78 is 0. The van der Waals surface area contributed by atoms with Gasteiger partial charge >= 0.3 is 0 Å². The molecule has 2 aliphatic rings. The van der Waals surface area contributed by atoms with Gasteiger partial charge in [-0.05, 0) is 48.5 Å². The highest BCUT2D eigenvalue weighted by molar-refractivity contribution is 5.73. The Bertz CT molecular complexity index is 1160. The van der Waals surface area contributed by atoms with Gasteiger partial charge in [0.15, 0.2) is 11.6 Å². The van der Waals surface area contributed by atoms with E-state index in [2.05, 4.69) is 141 Å². The van der Waals surface area contributed by atoms with Gasteiger partial charge in [-0.3, -0.25) is 0 Å².